The highest BCUT2D eigenvalue weighted by Crippen LogP contribution is 2.30. The quantitative estimate of drug-likeness (QED) is 0.544. The van der Waals surface area contributed by atoms with E-state index >= 15 is 0 Å². The van der Waals surface area contributed by atoms with Crippen LogP contribution in [-0.4, -0.2) is 25.2 Å². The van der Waals surface area contributed by atoms with Gasteiger partial charge in [0.05, 0.1) is 12.2 Å². The van der Waals surface area contributed by atoms with Crippen molar-refractivity contribution in [3.8, 4) is 0 Å². The number of aliphatic hydroxyl groups is 2. The summed E-state index contributed by atoms with van der Waals surface area (Å²) in [6.07, 6.45) is -1.92. The van der Waals surface area contributed by atoms with Crippen LogP contribution >= 0.6 is 0 Å². The van der Waals surface area contributed by atoms with Crippen LogP contribution in [0, 0.1) is 0 Å². The molecule has 0 aliphatic heterocycles. The Labute approximate surface area is 163 Å². The van der Waals surface area contributed by atoms with E-state index in [2.05, 4.69) is 10.3 Å². The lowest BCUT2D eigenvalue weighted by Crippen LogP contribution is -2.14. The Bertz CT molecular complexity index is 1020. The lowest BCUT2D eigenvalue weighted by molar-refractivity contribution is 0.188. The van der Waals surface area contributed by atoms with Crippen LogP contribution in [0.25, 0.3) is 0 Å². The zero-order valence-electron chi connectivity index (χ0n) is 15.3. The second-order valence-corrected chi connectivity index (χ2v) is 6.63. The summed E-state index contributed by atoms with van der Waals surface area (Å²) in [4.78, 5) is 0. The standard InChI is InChI=1S/C23H21N3O2/c27-22(18-12-6-2-7-13-18)20-21(23(28)19-14-8-3-9-15-19)26(25-24-20)16-17-10-4-1-5-11-17/h1-15,22-23,27-28H,16H2/t22-,23+/m0/s1. The number of hydrogen-bond acceptors (Lipinski definition) is 4. The predicted molar refractivity (Wildman–Crippen MR) is 107 cm³/mol. The van der Waals surface area contributed by atoms with Crippen molar-refractivity contribution in [1.82, 2.24) is 15.0 Å². The van der Waals surface area contributed by atoms with Gasteiger partial charge in [0, 0.05) is 0 Å². The van der Waals surface area contributed by atoms with Crippen LogP contribution in [0.15, 0.2) is 91.0 Å². The molecule has 0 aliphatic rings. The highest BCUT2D eigenvalue weighted by Gasteiger charge is 2.27. The van der Waals surface area contributed by atoms with Gasteiger partial charge in [0.15, 0.2) is 0 Å². The molecule has 0 aliphatic carbocycles. The molecule has 0 unspecified atom stereocenters. The lowest BCUT2D eigenvalue weighted by Gasteiger charge is -2.17. The zero-order chi connectivity index (χ0) is 19.3. The molecule has 0 fully saturated rings. The Balaban J connectivity index is 1.78. The van der Waals surface area contributed by atoms with E-state index in [4.69, 9.17) is 0 Å². The van der Waals surface area contributed by atoms with Crippen molar-refractivity contribution in [2.45, 2.75) is 18.8 Å². The minimum Gasteiger partial charge on any atom is -0.382 e. The summed E-state index contributed by atoms with van der Waals surface area (Å²) in [6, 6.07) is 28.5. The third-order valence-corrected chi connectivity index (χ3v) is 4.72. The first-order valence-electron chi connectivity index (χ1n) is 9.17. The van der Waals surface area contributed by atoms with Gasteiger partial charge in [-0.15, -0.1) is 5.10 Å². The summed E-state index contributed by atoms with van der Waals surface area (Å²) >= 11 is 0. The largest absolute Gasteiger partial charge is 0.382 e. The summed E-state index contributed by atoms with van der Waals surface area (Å²) in [6.45, 7) is 0.453. The third-order valence-electron chi connectivity index (χ3n) is 4.72. The Morgan fingerprint density at radius 2 is 1.18 bits per heavy atom. The topological polar surface area (TPSA) is 71.2 Å². The molecule has 2 N–H and O–H groups in total. The van der Waals surface area contributed by atoms with E-state index < -0.39 is 12.2 Å². The monoisotopic (exact) mass is 371 g/mol. The van der Waals surface area contributed by atoms with Crippen LogP contribution in [0.2, 0.25) is 0 Å². The van der Waals surface area contributed by atoms with E-state index in [0.717, 1.165) is 11.1 Å². The van der Waals surface area contributed by atoms with E-state index in [-0.39, 0.29) is 0 Å². The highest BCUT2D eigenvalue weighted by atomic mass is 16.3. The minimum atomic E-state index is -0.973. The van der Waals surface area contributed by atoms with Gasteiger partial charge in [0.1, 0.15) is 17.9 Å². The van der Waals surface area contributed by atoms with Crippen LogP contribution < -0.4 is 0 Å². The number of benzene rings is 3. The molecule has 4 rings (SSSR count). The normalized spacial score (nSPS) is 13.2. The summed E-state index contributed by atoms with van der Waals surface area (Å²) in [5.74, 6) is 0. The first kappa shape index (κ1) is 18.1. The average Bonchev–Trinajstić information content (AvgIpc) is 3.18. The van der Waals surface area contributed by atoms with Crippen molar-refractivity contribution in [2.24, 2.45) is 0 Å². The number of rotatable bonds is 6. The van der Waals surface area contributed by atoms with Crippen LogP contribution in [0.5, 0.6) is 0 Å². The van der Waals surface area contributed by atoms with Gasteiger partial charge in [-0.2, -0.15) is 0 Å². The average molecular weight is 371 g/mol. The van der Waals surface area contributed by atoms with Crippen molar-refractivity contribution >= 4 is 0 Å². The van der Waals surface area contributed by atoms with Crippen LogP contribution in [0.1, 0.15) is 40.3 Å². The molecule has 4 aromatic rings. The van der Waals surface area contributed by atoms with Crippen LogP contribution in [-0.2, 0) is 6.54 Å². The Morgan fingerprint density at radius 1 is 0.679 bits per heavy atom. The molecule has 1 heterocycles. The van der Waals surface area contributed by atoms with Crippen LogP contribution in [0.3, 0.4) is 0 Å². The number of aromatic nitrogens is 3. The number of aliphatic hydroxyl groups excluding tert-OH is 2. The van der Waals surface area contributed by atoms with E-state index in [1.807, 2.05) is 91.0 Å². The number of nitrogens with zero attached hydrogens (tertiary/aromatic N) is 3. The van der Waals surface area contributed by atoms with Gasteiger partial charge in [-0.1, -0.05) is 96.2 Å². The van der Waals surface area contributed by atoms with Crippen LogP contribution in [0.4, 0.5) is 0 Å². The molecule has 5 nitrogen and oxygen atoms in total. The SMILES string of the molecule is O[C@H](c1ccccc1)c1c([C@@H](O)c2ccccc2)nnn1Cc1ccccc1. The molecule has 0 saturated carbocycles. The Kier molecular flexibility index (Phi) is 5.28. The molecule has 0 bridgehead atoms. The maximum atomic E-state index is 11.1. The second kappa shape index (κ2) is 8.17. The summed E-state index contributed by atoms with van der Waals surface area (Å²) in [5, 5.41) is 30.5. The minimum absolute atomic E-state index is 0.360. The van der Waals surface area contributed by atoms with Gasteiger partial charge in [-0.25, -0.2) is 4.68 Å². The molecule has 3 aromatic carbocycles. The molecule has 0 saturated heterocycles. The molecule has 0 radical (unpaired) electrons. The van der Waals surface area contributed by atoms with Crippen molar-refractivity contribution < 1.29 is 10.2 Å². The molecule has 1 aromatic heterocycles. The summed E-state index contributed by atoms with van der Waals surface area (Å²) < 4.78 is 1.66. The maximum absolute atomic E-state index is 11.1. The smallest absolute Gasteiger partial charge is 0.125 e. The van der Waals surface area contributed by atoms with Gasteiger partial charge >= 0.3 is 0 Å². The molecular weight excluding hydrogens is 350 g/mol. The molecule has 0 amide bonds. The summed E-state index contributed by atoms with van der Waals surface area (Å²) in [7, 11) is 0. The molecular formula is C23H21N3O2. The molecule has 2 atom stereocenters. The Hall–Kier alpha value is -3.28. The number of hydrogen-bond donors (Lipinski definition) is 2. The van der Waals surface area contributed by atoms with Gasteiger partial charge in [-0.3, -0.25) is 0 Å². The van der Waals surface area contributed by atoms with E-state index in [1.165, 1.54) is 0 Å². The molecule has 5 heteroatoms. The van der Waals surface area contributed by atoms with Gasteiger partial charge in [0.2, 0.25) is 0 Å². The first-order valence-corrected chi connectivity index (χ1v) is 9.17. The fraction of sp³-hybridized carbons (Fsp3) is 0.130. The van der Waals surface area contributed by atoms with Crippen molar-refractivity contribution in [2.75, 3.05) is 0 Å². The van der Waals surface area contributed by atoms with Gasteiger partial charge in [-0.05, 0) is 16.7 Å². The summed E-state index contributed by atoms with van der Waals surface area (Å²) in [5.41, 5.74) is 3.32. The first-order chi connectivity index (χ1) is 13.7. The molecule has 0 spiro atoms. The lowest BCUT2D eigenvalue weighted by atomic mass is 9.99. The Morgan fingerprint density at radius 3 is 1.75 bits per heavy atom. The van der Waals surface area contributed by atoms with Crippen molar-refractivity contribution in [3.63, 3.8) is 0 Å². The van der Waals surface area contributed by atoms with Crippen molar-refractivity contribution in [1.29, 1.82) is 0 Å². The van der Waals surface area contributed by atoms with E-state index in [1.54, 1.807) is 4.68 Å². The van der Waals surface area contributed by atoms with E-state index in [0.29, 0.717) is 23.5 Å². The highest BCUT2D eigenvalue weighted by molar-refractivity contribution is 5.34. The van der Waals surface area contributed by atoms with Gasteiger partial charge in [0.25, 0.3) is 0 Å². The fourth-order valence-corrected chi connectivity index (χ4v) is 3.27. The molecule has 28 heavy (non-hydrogen) atoms. The third kappa shape index (κ3) is 3.71. The maximum Gasteiger partial charge on any atom is 0.125 e. The molecule has 140 valence electrons. The van der Waals surface area contributed by atoms with Crippen molar-refractivity contribution in [3.05, 3.63) is 119 Å². The fourth-order valence-electron chi connectivity index (χ4n) is 3.27. The predicted octanol–water partition coefficient (Wildman–Crippen LogP) is 3.49. The zero-order valence-corrected chi connectivity index (χ0v) is 15.3. The second-order valence-electron chi connectivity index (χ2n) is 6.63. The van der Waals surface area contributed by atoms with E-state index in [9.17, 15) is 10.2 Å². The van der Waals surface area contributed by atoms with Gasteiger partial charge < -0.3 is 10.2 Å².